The van der Waals surface area contributed by atoms with Crippen molar-refractivity contribution >= 4 is 6.29 Å². The van der Waals surface area contributed by atoms with E-state index in [1.807, 2.05) is 13.8 Å². The van der Waals surface area contributed by atoms with Crippen molar-refractivity contribution in [3.05, 3.63) is 0 Å². The highest BCUT2D eigenvalue weighted by molar-refractivity contribution is 5.48. The summed E-state index contributed by atoms with van der Waals surface area (Å²) in [5.41, 5.74) is 0. The van der Waals surface area contributed by atoms with Crippen molar-refractivity contribution in [2.75, 3.05) is 6.61 Å². The Morgan fingerprint density at radius 2 is 2.23 bits per heavy atom. The number of ether oxygens (including phenoxy) is 1. The minimum Gasteiger partial charge on any atom is -0.390 e. The Morgan fingerprint density at radius 3 is 2.54 bits per heavy atom. The molecule has 3 nitrogen and oxygen atoms in total. The molecule has 0 spiro atoms. The van der Waals surface area contributed by atoms with Crippen LogP contribution in [0.5, 0.6) is 0 Å². The van der Waals surface area contributed by atoms with E-state index in [1.54, 1.807) is 0 Å². The summed E-state index contributed by atoms with van der Waals surface area (Å²) in [5.74, 6) is 0. The zero-order valence-corrected chi connectivity index (χ0v) is 8.53. The van der Waals surface area contributed by atoms with Crippen molar-refractivity contribution < 1.29 is 14.6 Å². The van der Waals surface area contributed by atoms with Crippen LogP contribution in [-0.4, -0.2) is 30.2 Å². The van der Waals surface area contributed by atoms with Crippen LogP contribution in [0.3, 0.4) is 0 Å². The quantitative estimate of drug-likeness (QED) is 0.683. The van der Waals surface area contributed by atoms with Gasteiger partial charge in [0.15, 0.2) is 0 Å². The average Bonchev–Trinajstić information content (AvgIpc) is 2.70. The smallest absolute Gasteiger partial charge is 0.119 e. The first-order valence-corrected chi connectivity index (χ1v) is 4.99. The molecule has 1 fully saturated rings. The zero-order valence-electron chi connectivity index (χ0n) is 8.53. The van der Waals surface area contributed by atoms with Gasteiger partial charge in [0, 0.05) is 13.0 Å². The summed E-state index contributed by atoms with van der Waals surface area (Å²) in [7, 11) is 0. The van der Waals surface area contributed by atoms with Gasteiger partial charge in [0.1, 0.15) is 6.29 Å². The molecule has 0 aromatic heterocycles. The van der Waals surface area contributed by atoms with Crippen LogP contribution in [0, 0.1) is 0 Å². The second-order valence-corrected chi connectivity index (χ2v) is 3.10. The molecule has 0 aromatic carbocycles. The summed E-state index contributed by atoms with van der Waals surface area (Å²) in [6, 6.07) is 0. The van der Waals surface area contributed by atoms with Gasteiger partial charge in [0.2, 0.25) is 0 Å². The maximum Gasteiger partial charge on any atom is 0.119 e. The molecule has 13 heavy (non-hydrogen) atoms. The molecular weight excluding hydrogens is 168 g/mol. The number of carbonyl (C=O) groups excluding carboxylic acids is 1. The summed E-state index contributed by atoms with van der Waals surface area (Å²) in [6.45, 7) is 4.63. The van der Waals surface area contributed by atoms with Crippen LogP contribution in [0.4, 0.5) is 0 Å². The number of aldehydes is 1. The molecule has 1 aliphatic rings. The lowest BCUT2D eigenvalue weighted by Gasteiger charge is -2.14. The largest absolute Gasteiger partial charge is 0.390 e. The number of rotatable bonds is 3. The van der Waals surface area contributed by atoms with Gasteiger partial charge in [-0.3, -0.25) is 0 Å². The predicted molar refractivity (Wildman–Crippen MR) is 51.6 cm³/mol. The Labute approximate surface area is 80.1 Å². The summed E-state index contributed by atoms with van der Waals surface area (Å²) in [5, 5.41) is 9.23. The van der Waals surface area contributed by atoms with Crippen LogP contribution in [0.15, 0.2) is 0 Å². The molecule has 2 unspecified atom stereocenters. The lowest BCUT2D eigenvalue weighted by molar-refractivity contribution is -0.107. The normalized spacial score (nSPS) is 23.2. The molecule has 1 N–H and O–H groups in total. The molecule has 0 radical (unpaired) electrons. The van der Waals surface area contributed by atoms with E-state index in [9.17, 15) is 9.90 Å². The SMILES string of the molecule is CCC(O)C1CCCO1.CCC=O. The predicted octanol–water partition coefficient (Wildman–Crippen LogP) is 1.53. The molecule has 1 saturated heterocycles. The van der Waals surface area contributed by atoms with Gasteiger partial charge in [0.05, 0.1) is 12.2 Å². The van der Waals surface area contributed by atoms with Gasteiger partial charge in [-0.2, -0.15) is 0 Å². The Morgan fingerprint density at radius 1 is 1.62 bits per heavy atom. The first kappa shape index (κ1) is 12.6. The van der Waals surface area contributed by atoms with Crippen molar-refractivity contribution in [3.8, 4) is 0 Å². The molecule has 78 valence electrons. The molecule has 1 heterocycles. The van der Waals surface area contributed by atoms with Crippen molar-refractivity contribution in [1.82, 2.24) is 0 Å². The number of hydrogen-bond donors (Lipinski definition) is 1. The summed E-state index contributed by atoms with van der Waals surface area (Å²) in [6.07, 6.45) is 4.38. The monoisotopic (exact) mass is 188 g/mol. The first-order chi connectivity index (χ1) is 6.26. The minimum atomic E-state index is -0.229. The van der Waals surface area contributed by atoms with E-state index in [-0.39, 0.29) is 12.2 Å². The summed E-state index contributed by atoms with van der Waals surface area (Å²) in [4.78, 5) is 9.17. The Kier molecular flexibility index (Phi) is 7.94. The van der Waals surface area contributed by atoms with Crippen molar-refractivity contribution in [2.24, 2.45) is 0 Å². The molecule has 0 aromatic rings. The molecule has 2 atom stereocenters. The molecule has 0 saturated carbocycles. The summed E-state index contributed by atoms with van der Waals surface area (Å²) >= 11 is 0. The molecule has 0 aliphatic carbocycles. The molecular formula is C10H20O3. The van der Waals surface area contributed by atoms with Crippen LogP contribution in [0.1, 0.15) is 39.5 Å². The second kappa shape index (κ2) is 8.20. The maximum absolute atomic E-state index is 9.23. The fourth-order valence-corrected chi connectivity index (χ4v) is 1.17. The second-order valence-electron chi connectivity index (χ2n) is 3.10. The molecule has 1 rings (SSSR count). The third-order valence-electron chi connectivity index (χ3n) is 1.98. The minimum absolute atomic E-state index is 0.134. The lowest BCUT2D eigenvalue weighted by atomic mass is 10.1. The van der Waals surface area contributed by atoms with E-state index >= 15 is 0 Å². The number of hydrogen-bond acceptors (Lipinski definition) is 3. The van der Waals surface area contributed by atoms with E-state index in [4.69, 9.17) is 4.74 Å². The van der Waals surface area contributed by atoms with Gasteiger partial charge < -0.3 is 14.6 Å². The number of aliphatic hydroxyl groups excluding tert-OH is 1. The van der Waals surface area contributed by atoms with Gasteiger partial charge in [-0.15, -0.1) is 0 Å². The third-order valence-corrected chi connectivity index (χ3v) is 1.98. The van der Waals surface area contributed by atoms with Crippen molar-refractivity contribution in [1.29, 1.82) is 0 Å². The average molecular weight is 188 g/mol. The highest BCUT2D eigenvalue weighted by atomic mass is 16.5. The van der Waals surface area contributed by atoms with Crippen molar-refractivity contribution in [3.63, 3.8) is 0 Å². The Balaban J connectivity index is 0.000000310. The molecule has 1 aliphatic heterocycles. The van der Waals surface area contributed by atoms with Gasteiger partial charge in [0.25, 0.3) is 0 Å². The van der Waals surface area contributed by atoms with Gasteiger partial charge in [-0.1, -0.05) is 13.8 Å². The molecule has 0 amide bonds. The van der Waals surface area contributed by atoms with Crippen LogP contribution < -0.4 is 0 Å². The van der Waals surface area contributed by atoms with Gasteiger partial charge >= 0.3 is 0 Å². The van der Waals surface area contributed by atoms with Crippen LogP contribution >= 0.6 is 0 Å². The fourth-order valence-electron chi connectivity index (χ4n) is 1.17. The van der Waals surface area contributed by atoms with E-state index in [2.05, 4.69) is 0 Å². The first-order valence-electron chi connectivity index (χ1n) is 4.99. The third kappa shape index (κ3) is 5.77. The Hall–Kier alpha value is -0.410. The summed E-state index contributed by atoms with van der Waals surface area (Å²) < 4.78 is 5.26. The highest BCUT2D eigenvalue weighted by Crippen LogP contribution is 2.16. The van der Waals surface area contributed by atoms with E-state index in [0.717, 1.165) is 32.2 Å². The molecule has 0 bridgehead atoms. The fraction of sp³-hybridized carbons (Fsp3) is 0.900. The van der Waals surface area contributed by atoms with Crippen molar-refractivity contribution in [2.45, 2.75) is 51.7 Å². The van der Waals surface area contributed by atoms with Crippen LogP contribution in [0.2, 0.25) is 0 Å². The molecule has 3 heteroatoms. The highest BCUT2D eigenvalue weighted by Gasteiger charge is 2.21. The topological polar surface area (TPSA) is 46.5 Å². The maximum atomic E-state index is 9.23. The Bertz CT molecular complexity index is 119. The number of aliphatic hydroxyl groups is 1. The standard InChI is InChI=1S/C7H14O2.C3H6O/c1-2-6(8)7-4-3-5-9-7;1-2-3-4/h6-8H,2-5H2,1H3;3H,2H2,1H3. The van der Waals surface area contributed by atoms with Gasteiger partial charge in [-0.25, -0.2) is 0 Å². The number of carbonyl (C=O) groups is 1. The van der Waals surface area contributed by atoms with Crippen LogP contribution in [-0.2, 0) is 9.53 Å². The van der Waals surface area contributed by atoms with Crippen LogP contribution in [0.25, 0.3) is 0 Å². The lowest BCUT2D eigenvalue weighted by Crippen LogP contribution is -2.23. The van der Waals surface area contributed by atoms with E-state index in [0.29, 0.717) is 6.42 Å². The van der Waals surface area contributed by atoms with Gasteiger partial charge in [-0.05, 0) is 19.3 Å². The van der Waals surface area contributed by atoms with E-state index < -0.39 is 0 Å². The van der Waals surface area contributed by atoms with E-state index in [1.165, 1.54) is 0 Å². The zero-order chi connectivity index (χ0) is 10.1.